The maximum Gasteiger partial charge on any atom is 0.236 e. The van der Waals surface area contributed by atoms with Gasteiger partial charge in [-0.25, -0.2) is 4.58 Å². The Morgan fingerprint density at radius 3 is 2.14 bits per heavy atom. The van der Waals surface area contributed by atoms with Gasteiger partial charge in [-0.05, 0) is 67.2 Å². The van der Waals surface area contributed by atoms with Crippen molar-refractivity contribution in [2.24, 2.45) is 23.7 Å². The average molecular weight is 526 g/mol. The van der Waals surface area contributed by atoms with Gasteiger partial charge in [-0.3, -0.25) is 4.79 Å². The number of nitrogens with zero attached hydrogens (tertiary/aromatic N) is 2. The standard InChI is InChI=1S/C30H40N2O2S2/c1-31-23-11-17-7-3-5-9-19(17)13-25(23)35-27(31)15-21-29(33)22(30(21)34)16-28-32(2)24-12-18-8-4-6-10-20(18)14-26(24)36-28/h15-20,23-26H,3-14H2,1-2H3/p+1. The van der Waals surface area contributed by atoms with Crippen LogP contribution in [0.1, 0.15) is 77.0 Å². The predicted molar refractivity (Wildman–Crippen MR) is 149 cm³/mol. The van der Waals surface area contributed by atoms with Gasteiger partial charge in [0, 0.05) is 30.8 Å². The largest absolute Gasteiger partial charge is 0.506 e. The SMILES string of the molecule is CN1C(=CC2=C(O)C(=CC3=[N+](C)C4CC5CCCCC5CC4S3)C2=O)SC2CC3CCCCC3CC21. The lowest BCUT2D eigenvalue weighted by molar-refractivity contribution is -0.536. The summed E-state index contributed by atoms with van der Waals surface area (Å²) in [7, 11) is 4.40. The smallest absolute Gasteiger partial charge is 0.236 e. The Morgan fingerprint density at radius 1 is 0.861 bits per heavy atom. The van der Waals surface area contributed by atoms with Crippen molar-refractivity contribution in [2.45, 2.75) is 99.6 Å². The van der Waals surface area contributed by atoms with Gasteiger partial charge in [-0.15, -0.1) is 11.8 Å². The molecule has 0 aromatic heterocycles. The Morgan fingerprint density at radius 2 is 1.47 bits per heavy atom. The Hall–Kier alpha value is -1.14. The average Bonchev–Trinajstić information content (AvgIpc) is 3.37. The van der Waals surface area contributed by atoms with Gasteiger partial charge < -0.3 is 10.0 Å². The van der Waals surface area contributed by atoms with E-state index in [4.69, 9.17) is 0 Å². The first-order chi connectivity index (χ1) is 17.5. The molecule has 7 aliphatic rings. The highest BCUT2D eigenvalue weighted by atomic mass is 32.2. The first-order valence-corrected chi connectivity index (χ1v) is 16.3. The summed E-state index contributed by atoms with van der Waals surface area (Å²) >= 11 is 3.90. The summed E-state index contributed by atoms with van der Waals surface area (Å²) in [5.74, 6) is 3.80. The summed E-state index contributed by atoms with van der Waals surface area (Å²) in [6.07, 6.45) is 20.4. The Balaban J connectivity index is 1.08. The van der Waals surface area contributed by atoms with Gasteiger partial charge in [0.05, 0.1) is 21.4 Å². The second-order valence-corrected chi connectivity index (χ2v) is 15.2. The van der Waals surface area contributed by atoms with Crippen LogP contribution in [0.25, 0.3) is 0 Å². The van der Waals surface area contributed by atoms with Crippen LogP contribution in [0.3, 0.4) is 0 Å². The monoisotopic (exact) mass is 525 g/mol. The zero-order chi connectivity index (χ0) is 24.6. The number of carbonyl (C=O) groups is 1. The molecule has 0 aromatic rings. The third-order valence-corrected chi connectivity index (χ3v) is 13.8. The van der Waals surface area contributed by atoms with E-state index in [9.17, 15) is 9.90 Å². The number of fused-ring (bicyclic) bond motifs is 4. The van der Waals surface area contributed by atoms with Crippen LogP contribution < -0.4 is 0 Å². The molecular weight excluding hydrogens is 484 g/mol. The predicted octanol–water partition coefficient (Wildman–Crippen LogP) is 6.29. The number of ketones is 1. The van der Waals surface area contributed by atoms with E-state index in [1.54, 1.807) is 0 Å². The van der Waals surface area contributed by atoms with Gasteiger partial charge in [0.15, 0.2) is 6.04 Å². The zero-order valence-electron chi connectivity index (χ0n) is 21.8. The van der Waals surface area contributed by atoms with Crippen molar-refractivity contribution in [3.8, 4) is 0 Å². The van der Waals surface area contributed by atoms with Crippen molar-refractivity contribution in [1.29, 1.82) is 0 Å². The van der Waals surface area contributed by atoms with Crippen molar-refractivity contribution in [2.75, 3.05) is 14.1 Å². The first-order valence-electron chi connectivity index (χ1n) is 14.6. The van der Waals surface area contributed by atoms with Crippen LogP contribution in [0, 0.1) is 23.7 Å². The molecule has 0 bridgehead atoms. The van der Waals surface area contributed by atoms with Crippen LogP contribution in [0.15, 0.2) is 34.1 Å². The molecule has 2 aliphatic heterocycles. The molecule has 194 valence electrons. The maximum atomic E-state index is 13.2. The normalized spacial score (nSPS) is 44.5. The third kappa shape index (κ3) is 3.87. The van der Waals surface area contributed by atoms with Crippen molar-refractivity contribution in [3.05, 3.63) is 34.1 Å². The fourth-order valence-electron chi connectivity index (χ4n) is 8.75. The molecular formula is C30H41N2O2S2+. The number of hydrogen-bond acceptors (Lipinski definition) is 5. The number of carbonyl (C=O) groups excluding carboxylic acids is 1. The third-order valence-electron chi connectivity index (χ3n) is 10.9. The van der Waals surface area contributed by atoms with Gasteiger partial charge >= 0.3 is 0 Å². The second-order valence-electron chi connectivity index (χ2n) is 12.7. The molecule has 8 atom stereocenters. The van der Waals surface area contributed by atoms with Gasteiger partial charge in [0.1, 0.15) is 12.8 Å². The van der Waals surface area contributed by atoms with E-state index >= 15 is 0 Å². The molecule has 8 unspecified atom stereocenters. The summed E-state index contributed by atoms with van der Waals surface area (Å²) in [5, 5.41) is 14.6. The highest BCUT2D eigenvalue weighted by Gasteiger charge is 2.49. The minimum Gasteiger partial charge on any atom is -0.506 e. The number of thioether (sulfide) groups is 2. The molecule has 1 N–H and O–H groups in total. The molecule has 4 nitrogen and oxygen atoms in total. The fourth-order valence-corrected chi connectivity index (χ4v) is 11.9. The molecule has 2 heterocycles. The molecule has 5 aliphatic carbocycles. The van der Waals surface area contributed by atoms with Crippen LogP contribution in [-0.4, -0.2) is 62.1 Å². The number of aliphatic hydroxyl groups excluding tert-OH is 1. The van der Waals surface area contributed by atoms with Crippen LogP contribution in [0.4, 0.5) is 0 Å². The van der Waals surface area contributed by atoms with Crippen molar-refractivity contribution < 1.29 is 14.5 Å². The minimum atomic E-state index is 0.0163. The molecule has 0 aromatic carbocycles. The molecule has 0 radical (unpaired) electrons. The Bertz CT molecular complexity index is 1090. The topological polar surface area (TPSA) is 43.5 Å². The van der Waals surface area contributed by atoms with Crippen molar-refractivity contribution in [1.82, 2.24) is 4.90 Å². The highest BCUT2D eigenvalue weighted by Crippen LogP contribution is 2.52. The van der Waals surface area contributed by atoms with Crippen LogP contribution in [-0.2, 0) is 4.79 Å². The lowest BCUT2D eigenvalue weighted by Crippen LogP contribution is -2.42. The molecule has 0 spiro atoms. The fraction of sp³-hybridized carbons (Fsp3) is 0.733. The van der Waals surface area contributed by atoms with Crippen LogP contribution >= 0.6 is 23.5 Å². The Labute approximate surface area is 224 Å². The number of hydrogen-bond donors (Lipinski definition) is 1. The lowest BCUT2D eigenvalue weighted by Gasteiger charge is -2.42. The summed E-state index contributed by atoms with van der Waals surface area (Å²) in [6, 6.07) is 1.17. The quantitative estimate of drug-likeness (QED) is 0.339. The van der Waals surface area contributed by atoms with Gasteiger partial charge in [0.25, 0.3) is 0 Å². The van der Waals surface area contributed by atoms with E-state index < -0.39 is 0 Å². The lowest BCUT2D eigenvalue weighted by atomic mass is 9.69. The van der Waals surface area contributed by atoms with Gasteiger partial charge in [-0.2, -0.15) is 0 Å². The molecule has 5 fully saturated rings. The Kier molecular flexibility index (Phi) is 6.15. The van der Waals surface area contributed by atoms with Gasteiger partial charge in [0.2, 0.25) is 10.8 Å². The number of rotatable bonds is 2. The summed E-state index contributed by atoms with van der Waals surface area (Å²) < 4.78 is 2.41. The minimum absolute atomic E-state index is 0.0163. The zero-order valence-corrected chi connectivity index (χ0v) is 23.5. The second kappa shape index (κ2) is 9.25. The van der Waals surface area contributed by atoms with E-state index in [0.717, 1.165) is 23.7 Å². The molecule has 36 heavy (non-hydrogen) atoms. The van der Waals surface area contributed by atoms with E-state index in [0.29, 0.717) is 33.7 Å². The van der Waals surface area contributed by atoms with Crippen molar-refractivity contribution in [3.63, 3.8) is 0 Å². The van der Waals surface area contributed by atoms with Crippen molar-refractivity contribution >= 4 is 34.4 Å². The van der Waals surface area contributed by atoms with Crippen LogP contribution in [0.5, 0.6) is 0 Å². The number of aliphatic hydroxyl groups is 1. The highest BCUT2D eigenvalue weighted by molar-refractivity contribution is 8.14. The van der Waals surface area contributed by atoms with E-state index in [1.807, 2.05) is 35.7 Å². The molecule has 1 saturated heterocycles. The van der Waals surface area contributed by atoms with E-state index in [-0.39, 0.29) is 11.5 Å². The first kappa shape index (κ1) is 23.9. The molecule has 4 saturated carbocycles. The number of Topliss-reactive ketones (excluding diaryl/α,β-unsaturated/α-hetero) is 1. The summed E-state index contributed by atoms with van der Waals surface area (Å²) in [4.78, 5) is 15.6. The summed E-state index contributed by atoms with van der Waals surface area (Å²) in [5.41, 5.74) is 1.03. The number of allylic oxidation sites excluding steroid dienone is 3. The molecule has 6 heteroatoms. The molecule has 0 amide bonds. The van der Waals surface area contributed by atoms with Crippen LogP contribution in [0.2, 0.25) is 0 Å². The summed E-state index contributed by atoms with van der Waals surface area (Å²) in [6.45, 7) is 0. The molecule has 7 rings (SSSR count). The van der Waals surface area contributed by atoms with Gasteiger partial charge in [-0.1, -0.05) is 44.9 Å². The van der Waals surface area contributed by atoms with E-state index in [1.165, 1.54) is 87.1 Å². The maximum absolute atomic E-state index is 13.2. The van der Waals surface area contributed by atoms with E-state index in [2.05, 4.69) is 23.6 Å².